The van der Waals surface area contributed by atoms with E-state index in [1.807, 2.05) is 30.3 Å². The first kappa shape index (κ1) is 21.4. The Hall–Kier alpha value is -3.87. The minimum Gasteiger partial charge on any atom is -0.326 e. The Morgan fingerprint density at radius 2 is 1.56 bits per heavy atom. The van der Waals surface area contributed by atoms with Gasteiger partial charge in [-0.15, -0.1) is 0 Å². The maximum atomic E-state index is 14.4. The van der Waals surface area contributed by atoms with E-state index in [2.05, 4.69) is 0 Å². The van der Waals surface area contributed by atoms with Gasteiger partial charge in [0.25, 0.3) is 11.8 Å². The molecule has 3 aromatic carbocycles. The predicted octanol–water partition coefficient (Wildman–Crippen LogP) is 3.98. The maximum Gasteiger partial charge on any atom is 0.257 e. The second-order valence-electron chi connectivity index (χ2n) is 7.48. The molecule has 0 bridgehead atoms. The third-order valence-electron chi connectivity index (χ3n) is 5.43. The number of imide groups is 1. The van der Waals surface area contributed by atoms with E-state index in [1.54, 1.807) is 0 Å². The molecule has 1 heterocycles. The SMILES string of the molecule is O=C1CC(N(CCc2ccccc2)C(=O)c2ccccc2F)C(=O)N1c1ccc(F)cc1. The monoisotopic (exact) mass is 434 g/mol. The van der Waals surface area contributed by atoms with E-state index in [9.17, 15) is 23.2 Å². The van der Waals surface area contributed by atoms with Gasteiger partial charge < -0.3 is 4.90 Å². The number of hydrogen-bond donors (Lipinski definition) is 0. The van der Waals surface area contributed by atoms with Crippen LogP contribution in [0.25, 0.3) is 0 Å². The highest BCUT2D eigenvalue weighted by atomic mass is 19.1. The molecule has 0 aliphatic carbocycles. The van der Waals surface area contributed by atoms with Crippen LogP contribution in [0.15, 0.2) is 78.9 Å². The van der Waals surface area contributed by atoms with Crippen LogP contribution in [0, 0.1) is 11.6 Å². The first-order chi connectivity index (χ1) is 15.5. The lowest BCUT2D eigenvalue weighted by molar-refractivity contribution is -0.122. The van der Waals surface area contributed by atoms with Crippen molar-refractivity contribution in [2.45, 2.75) is 18.9 Å². The van der Waals surface area contributed by atoms with Crippen LogP contribution in [0.2, 0.25) is 0 Å². The molecular weight excluding hydrogens is 414 g/mol. The highest BCUT2D eigenvalue weighted by molar-refractivity contribution is 6.23. The van der Waals surface area contributed by atoms with Gasteiger partial charge in [0.1, 0.15) is 17.7 Å². The van der Waals surface area contributed by atoms with Crippen LogP contribution < -0.4 is 4.90 Å². The molecule has 0 saturated carbocycles. The largest absolute Gasteiger partial charge is 0.326 e. The fourth-order valence-electron chi connectivity index (χ4n) is 3.80. The second kappa shape index (κ2) is 9.09. The minimum absolute atomic E-state index is 0.123. The molecule has 3 aromatic rings. The highest BCUT2D eigenvalue weighted by Crippen LogP contribution is 2.27. The number of benzene rings is 3. The van der Waals surface area contributed by atoms with Gasteiger partial charge in [0.15, 0.2) is 0 Å². The summed E-state index contributed by atoms with van der Waals surface area (Å²) in [5, 5.41) is 0. The van der Waals surface area contributed by atoms with Crippen molar-refractivity contribution in [2.75, 3.05) is 11.4 Å². The average molecular weight is 434 g/mol. The van der Waals surface area contributed by atoms with Crippen LogP contribution in [0.3, 0.4) is 0 Å². The summed E-state index contributed by atoms with van der Waals surface area (Å²) in [4.78, 5) is 41.4. The number of anilines is 1. The third kappa shape index (κ3) is 4.27. The molecule has 1 aliphatic heterocycles. The lowest BCUT2D eigenvalue weighted by atomic mass is 10.1. The summed E-state index contributed by atoms with van der Waals surface area (Å²) in [7, 11) is 0. The fraction of sp³-hybridized carbons (Fsp3) is 0.160. The molecule has 1 fully saturated rings. The van der Waals surface area contributed by atoms with Gasteiger partial charge in [0.2, 0.25) is 5.91 Å². The Kier molecular flexibility index (Phi) is 6.07. The Bertz CT molecular complexity index is 1150. The molecule has 7 heteroatoms. The zero-order valence-electron chi connectivity index (χ0n) is 17.1. The predicted molar refractivity (Wildman–Crippen MR) is 115 cm³/mol. The molecule has 0 N–H and O–H groups in total. The van der Waals surface area contributed by atoms with E-state index in [0.717, 1.165) is 22.6 Å². The molecule has 1 saturated heterocycles. The number of carbonyl (C=O) groups is 3. The summed E-state index contributed by atoms with van der Waals surface area (Å²) in [5.41, 5.74) is 0.997. The van der Waals surface area contributed by atoms with Crippen LogP contribution in [-0.4, -0.2) is 35.2 Å². The number of amides is 3. The van der Waals surface area contributed by atoms with Crippen molar-refractivity contribution in [3.63, 3.8) is 0 Å². The zero-order chi connectivity index (χ0) is 22.7. The van der Waals surface area contributed by atoms with Gasteiger partial charge in [0.05, 0.1) is 17.7 Å². The molecule has 32 heavy (non-hydrogen) atoms. The topological polar surface area (TPSA) is 57.7 Å². The molecule has 0 radical (unpaired) electrons. The van der Waals surface area contributed by atoms with Crippen LogP contribution in [-0.2, 0) is 16.0 Å². The number of halogens is 2. The van der Waals surface area contributed by atoms with Gasteiger partial charge in [-0.1, -0.05) is 42.5 Å². The van der Waals surface area contributed by atoms with Gasteiger partial charge in [-0.3, -0.25) is 14.4 Å². The smallest absolute Gasteiger partial charge is 0.257 e. The van der Waals surface area contributed by atoms with E-state index in [0.29, 0.717) is 6.42 Å². The zero-order valence-corrected chi connectivity index (χ0v) is 17.1. The average Bonchev–Trinajstić information content (AvgIpc) is 3.09. The van der Waals surface area contributed by atoms with Crippen LogP contribution in [0.1, 0.15) is 22.3 Å². The minimum atomic E-state index is -1.08. The van der Waals surface area contributed by atoms with Crippen LogP contribution in [0.4, 0.5) is 14.5 Å². The highest BCUT2D eigenvalue weighted by Gasteiger charge is 2.44. The first-order valence-corrected chi connectivity index (χ1v) is 10.2. The number of hydrogen-bond acceptors (Lipinski definition) is 3. The van der Waals surface area contributed by atoms with Crippen molar-refractivity contribution in [3.8, 4) is 0 Å². The molecule has 0 spiro atoms. The molecule has 4 rings (SSSR count). The standard InChI is InChI=1S/C25H20F2N2O3/c26-18-10-12-19(13-11-18)29-23(30)16-22(25(29)32)28(15-14-17-6-2-1-3-7-17)24(31)20-8-4-5-9-21(20)27/h1-13,22H,14-16H2. The van der Waals surface area contributed by atoms with Crippen LogP contribution >= 0.6 is 0 Å². The number of carbonyl (C=O) groups excluding carboxylic acids is 3. The van der Waals surface area contributed by atoms with Gasteiger partial charge in [-0.05, 0) is 48.4 Å². The van der Waals surface area contributed by atoms with E-state index < -0.39 is 35.4 Å². The fourth-order valence-corrected chi connectivity index (χ4v) is 3.80. The quantitative estimate of drug-likeness (QED) is 0.552. The number of nitrogens with zero attached hydrogens (tertiary/aromatic N) is 2. The van der Waals surface area contributed by atoms with Gasteiger partial charge in [-0.2, -0.15) is 0 Å². The maximum absolute atomic E-state index is 14.4. The Morgan fingerprint density at radius 1 is 0.906 bits per heavy atom. The molecule has 3 amide bonds. The molecule has 5 nitrogen and oxygen atoms in total. The normalized spacial score (nSPS) is 15.8. The molecule has 1 atom stereocenters. The van der Waals surface area contributed by atoms with Crippen molar-refractivity contribution in [1.29, 1.82) is 0 Å². The van der Waals surface area contributed by atoms with Crippen molar-refractivity contribution < 1.29 is 23.2 Å². The molecular formula is C25H20F2N2O3. The Balaban J connectivity index is 1.65. The molecule has 1 unspecified atom stereocenters. The summed E-state index contributed by atoms with van der Waals surface area (Å²) < 4.78 is 27.6. The van der Waals surface area contributed by atoms with Crippen molar-refractivity contribution in [1.82, 2.24) is 4.90 Å². The summed E-state index contributed by atoms with van der Waals surface area (Å²) in [6.07, 6.45) is 0.195. The van der Waals surface area contributed by atoms with E-state index in [4.69, 9.17) is 0 Å². The Labute approximate surface area is 183 Å². The summed E-state index contributed by atoms with van der Waals surface area (Å²) in [6.45, 7) is 0.123. The van der Waals surface area contributed by atoms with Gasteiger partial charge >= 0.3 is 0 Å². The lowest BCUT2D eigenvalue weighted by Crippen LogP contribution is -2.46. The number of rotatable bonds is 6. The summed E-state index contributed by atoms with van der Waals surface area (Å²) in [5.74, 6) is -2.96. The Morgan fingerprint density at radius 3 is 2.25 bits per heavy atom. The lowest BCUT2D eigenvalue weighted by Gasteiger charge is -2.28. The third-order valence-corrected chi connectivity index (χ3v) is 5.43. The summed E-state index contributed by atoms with van der Waals surface area (Å²) in [6, 6.07) is 18.8. The van der Waals surface area contributed by atoms with Gasteiger partial charge in [0, 0.05) is 6.54 Å². The van der Waals surface area contributed by atoms with Crippen LogP contribution in [0.5, 0.6) is 0 Å². The molecule has 1 aliphatic rings. The van der Waals surface area contributed by atoms with Crippen molar-refractivity contribution in [3.05, 3.63) is 102 Å². The summed E-state index contributed by atoms with van der Waals surface area (Å²) >= 11 is 0. The van der Waals surface area contributed by atoms with Crippen molar-refractivity contribution >= 4 is 23.4 Å². The van der Waals surface area contributed by atoms with E-state index in [1.165, 1.54) is 41.3 Å². The second-order valence-corrected chi connectivity index (χ2v) is 7.48. The van der Waals surface area contributed by atoms with E-state index >= 15 is 0 Å². The molecule has 0 aromatic heterocycles. The van der Waals surface area contributed by atoms with Gasteiger partial charge in [-0.25, -0.2) is 13.7 Å². The van der Waals surface area contributed by atoms with E-state index in [-0.39, 0.29) is 24.2 Å². The van der Waals surface area contributed by atoms with Crippen molar-refractivity contribution in [2.24, 2.45) is 0 Å². The molecule has 162 valence electrons. The first-order valence-electron chi connectivity index (χ1n) is 10.2.